The summed E-state index contributed by atoms with van der Waals surface area (Å²) in [5.74, 6) is 0. The van der Waals surface area contributed by atoms with Crippen LogP contribution in [0.1, 0.15) is 20.8 Å². The van der Waals surface area contributed by atoms with Crippen molar-refractivity contribution in [3.05, 3.63) is 0 Å². The van der Waals surface area contributed by atoms with Crippen molar-refractivity contribution in [3.8, 4) is 0 Å². The molecule has 1 rings (SSSR count). The molecule has 0 aliphatic carbocycles. The van der Waals surface area contributed by atoms with Gasteiger partial charge in [0.1, 0.15) is 24.4 Å². The molecule has 6 nitrogen and oxygen atoms in total. The normalized spacial score (nSPS) is 41.1. The van der Waals surface area contributed by atoms with Crippen LogP contribution in [-0.2, 0) is 9.47 Å². The molecule has 0 aromatic rings. The maximum Gasteiger partial charge on any atom is 0.184 e. The van der Waals surface area contributed by atoms with Crippen LogP contribution >= 0.6 is 0 Å². The van der Waals surface area contributed by atoms with Gasteiger partial charge in [0.25, 0.3) is 0 Å². The van der Waals surface area contributed by atoms with Crippen LogP contribution in [0.15, 0.2) is 0 Å². The molecule has 1 heterocycles. The van der Waals surface area contributed by atoms with Crippen LogP contribution in [-0.4, -0.2) is 63.3 Å². The SMILES string of the molecule is CC(C)(C)OC1C(O)OC(CO)C(O)C1O. The van der Waals surface area contributed by atoms with Crippen molar-refractivity contribution >= 4 is 0 Å². The number of aliphatic hydroxyl groups excluding tert-OH is 4. The van der Waals surface area contributed by atoms with Crippen molar-refractivity contribution in [1.82, 2.24) is 0 Å². The summed E-state index contributed by atoms with van der Waals surface area (Å²) in [6.45, 7) is 4.81. The molecule has 0 saturated carbocycles. The van der Waals surface area contributed by atoms with E-state index in [-0.39, 0.29) is 0 Å². The first kappa shape index (κ1) is 13.8. The summed E-state index contributed by atoms with van der Waals surface area (Å²) in [5, 5.41) is 37.8. The molecule has 1 aliphatic rings. The number of aliphatic hydroxyl groups is 4. The first-order valence-corrected chi connectivity index (χ1v) is 5.24. The van der Waals surface area contributed by atoms with Gasteiger partial charge in [0.15, 0.2) is 6.29 Å². The third kappa shape index (κ3) is 3.13. The summed E-state index contributed by atoms with van der Waals surface area (Å²) in [6, 6.07) is 0. The minimum Gasteiger partial charge on any atom is -0.394 e. The second-order valence-electron chi connectivity index (χ2n) is 4.92. The van der Waals surface area contributed by atoms with Gasteiger partial charge in [-0.1, -0.05) is 0 Å². The molecule has 1 aliphatic heterocycles. The van der Waals surface area contributed by atoms with Crippen molar-refractivity contribution in [2.75, 3.05) is 6.61 Å². The molecule has 16 heavy (non-hydrogen) atoms. The number of hydrogen-bond donors (Lipinski definition) is 4. The summed E-state index contributed by atoms with van der Waals surface area (Å²) < 4.78 is 10.3. The Labute approximate surface area is 94.4 Å². The van der Waals surface area contributed by atoms with E-state index in [9.17, 15) is 15.3 Å². The van der Waals surface area contributed by atoms with Gasteiger partial charge in [-0.3, -0.25) is 0 Å². The van der Waals surface area contributed by atoms with E-state index in [4.69, 9.17) is 14.6 Å². The molecule has 0 amide bonds. The molecule has 6 heteroatoms. The lowest BCUT2D eigenvalue weighted by atomic mass is 9.98. The van der Waals surface area contributed by atoms with Gasteiger partial charge in [-0.15, -0.1) is 0 Å². The number of hydrogen-bond acceptors (Lipinski definition) is 6. The average Bonchev–Trinajstić information content (AvgIpc) is 2.17. The van der Waals surface area contributed by atoms with Gasteiger partial charge in [-0.25, -0.2) is 0 Å². The lowest BCUT2D eigenvalue weighted by molar-refractivity contribution is -0.310. The van der Waals surface area contributed by atoms with Crippen LogP contribution < -0.4 is 0 Å². The molecular weight excluding hydrogens is 216 g/mol. The Morgan fingerprint density at radius 1 is 1.12 bits per heavy atom. The highest BCUT2D eigenvalue weighted by Crippen LogP contribution is 2.25. The quantitative estimate of drug-likeness (QED) is 0.471. The Hall–Kier alpha value is -0.240. The van der Waals surface area contributed by atoms with Gasteiger partial charge in [-0.2, -0.15) is 0 Å². The zero-order valence-electron chi connectivity index (χ0n) is 9.70. The lowest BCUT2D eigenvalue weighted by Crippen LogP contribution is -2.60. The molecule has 5 unspecified atom stereocenters. The third-order valence-corrected chi connectivity index (χ3v) is 2.33. The van der Waals surface area contributed by atoms with Crippen molar-refractivity contribution < 1.29 is 29.9 Å². The molecule has 0 aromatic carbocycles. The fourth-order valence-electron chi connectivity index (χ4n) is 1.61. The van der Waals surface area contributed by atoms with E-state index in [2.05, 4.69) is 0 Å². The third-order valence-electron chi connectivity index (χ3n) is 2.33. The van der Waals surface area contributed by atoms with E-state index in [1.165, 1.54) is 0 Å². The van der Waals surface area contributed by atoms with Gasteiger partial charge >= 0.3 is 0 Å². The number of ether oxygens (including phenoxy) is 2. The minimum absolute atomic E-state index is 0.475. The number of rotatable bonds is 2. The Morgan fingerprint density at radius 2 is 1.69 bits per heavy atom. The summed E-state index contributed by atoms with van der Waals surface area (Å²) in [6.07, 6.45) is -5.96. The first-order valence-electron chi connectivity index (χ1n) is 5.24. The zero-order valence-corrected chi connectivity index (χ0v) is 9.70. The van der Waals surface area contributed by atoms with E-state index >= 15 is 0 Å². The summed E-state index contributed by atoms with van der Waals surface area (Å²) in [4.78, 5) is 0. The maximum absolute atomic E-state index is 9.75. The monoisotopic (exact) mass is 236 g/mol. The molecule has 0 radical (unpaired) electrons. The summed E-state index contributed by atoms with van der Waals surface area (Å²) >= 11 is 0. The Kier molecular flexibility index (Phi) is 4.28. The van der Waals surface area contributed by atoms with Gasteiger partial charge < -0.3 is 29.9 Å². The van der Waals surface area contributed by atoms with Gasteiger partial charge in [0.2, 0.25) is 0 Å². The Morgan fingerprint density at radius 3 is 2.12 bits per heavy atom. The van der Waals surface area contributed by atoms with Crippen LogP contribution in [0.25, 0.3) is 0 Å². The van der Waals surface area contributed by atoms with E-state index < -0.39 is 42.9 Å². The van der Waals surface area contributed by atoms with Crippen LogP contribution in [0.2, 0.25) is 0 Å². The van der Waals surface area contributed by atoms with Crippen LogP contribution in [0.4, 0.5) is 0 Å². The predicted octanol–water partition coefficient (Wildman–Crippen LogP) is -1.40. The standard InChI is InChI=1S/C10H20O6/c1-10(2,3)16-8-7(13)6(12)5(4-11)15-9(8)14/h5-9,11-14H,4H2,1-3H3. The van der Waals surface area contributed by atoms with Crippen LogP contribution in [0, 0.1) is 0 Å². The fourth-order valence-corrected chi connectivity index (χ4v) is 1.61. The molecule has 0 bridgehead atoms. The second kappa shape index (κ2) is 4.95. The summed E-state index contributed by atoms with van der Waals surface area (Å²) in [5.41, 5.74) is -0.582. The van der Waals surface area contributed by atoms with E-state index in [0.717, 1.165) is 0 Å². The van der Waals surface area contributed by atoms with Gasteiger partial charge in [0, 0.05) is 0 Å². The first-order chi connectivity index (χ1) is 7.26. The van der Waals surface area contributed by atoms with Crippen molar-refractivity contribution in [2.24, 2.45) is 0 Å². The van der Waals surface area contributed by atoms with Crippen molar-refractivity contribution in [2.45, 2.75) is 57.1 Å². The highest BCUT2D eigenvalue weighted by atomic mass is 16.7. The van der Waals surface area contributed by atoms with E-state index in [0.29, 0.717) is 0 Å². The smallest absolute Gasteiger partial charge is 0.184 e. The molecule has 0 spiro atoms. The van der Waals surface area contributed by atoms with Crippen LogP contribution in [0.5, 0.6) is 0 Å². The van der Waals surface area contributed by atoms with Crippen molar-refractivity contribution in [3.63, 3.8) is 0 Å². The van der Waals surface area contributed by atoms with Crippen molar-refractivity contribution in [1.29, 1.82) is 0 Å². The van der Waals surface area contributed by atoms with E-state index in [1.54, 1.807) is 20.8 Å². The molecule has 4 N–H and O–H groups in total. The zero-order chi connectivity index (χ0) is 12.5. The minimum atomic E-state index is -1.37. The Balaban J connectivity index is 2.72. The molecule has 5 atom stereocenters. The second-order valence-corrected chi connectivity index (χ2v) is 4.92. The molecule has 1 saturated heterocycles. The van der Waals surface area contributed by atoms with Gasteiger partial charge in [-0.05, 0) is 20.8 Å². The maximum atomic E-state index is 9.75. The van der Waals surface area contributed by atoms with Crippen LogP contribution in [0.3, 0.4) is 0 Å². The predicted molar refractivity (Wildman–Crippen MR) is 54.6 cm³/mol. The molecular formula is C10H20O6. The summed E-state index contributed by atoms with van der Waals surface area (Å²) in [7, 11) is 0. The Bertz CT molecular complexity index is 226. The highest BCUT2D eigenvalue weighted by molar-refractivity contribution is 4.90. The fraction of sp³-hybridized carbons (Fsp3) is 1.00. The molecule has 0 aromatic heterocycles. The lowest BCUT2D eigenvalue weighted by Gasteiger charge is -2.42. The highest BCUT2D eigenvalue weighted by Gasteiger charge is 2.45. The topological polar surface area (TPSA) is 99.4 Å². The van der Waals surface area contributed by atoms with E-state index in [1.807, 2.05) is 0 Å². The molecule has 96 valence electrons. The molecule has 1 fully saturated rings. The van der Waals surface area contributed by atoms with Gasteiger partial charge in [0.05, 0.1) is 12.2 Å². The average molecular weight is 236 g/mol. The largest absolute Gasteiger partial charge is 0.394 e.